The summed E-state index contributed by atoms with van der Waals surface area (Å²) in [5.74, 6) is 0.489. The fourth-order valence-corrected chi connectivity index (χ4v) is 4.25. The third-order valence-electron chi connectivity index (χ3n) is 6.37. The molecule has 4 rings (SSSR count). The molecule has 31 heavy (non-hydrogen) atoms. The summed E-state index contributed by atoms with van der Waals surface area (Å²) in [6.45, 7) is 13.3. The minimum Gasteiger partial charge on any atom is -0.341 e. The highest BCUT2D eigenvalue weighted by Gasteiger charge is 2.29. The van der Waals surface area contributed by atoms with Crippen molar-refractivity contribution >= 4 is 16.9 Å². The predicted octanol–water partition coefficient (Wildman–Crippen LogP) is 4.26. The molecule has 0 aliphatic carbocycles. The predicted molar refractivity (Wildman–Crippen MR) is 123 cm³/mol. The quantitative estimate of drug-likeness (QED) is 0.663. The van der Waals surface area contributed by atoms with E-state index in [2.05, 4.69) is 45.5 Å². The van der Waals surface area contributed by atoms with E-state index in [0.717, 1.165) is 43.6 Å². The Morgan fingerprint density at radius 2 is 1.90 bits per heavy atom. The largest absolute Gasteiger partial charge is 0.341 e. The number of piperidine rings is 1. The monoisotopic (exact) mass is 424 g/mol. The third kappa shape index (κ3) is 4.87. The number of rotatable bonds is 5. The fraction of sp³-hybridized carbons (Fsp3) is 0.542. The molecule has 3 aromatic rings. The summed E-state index contributed by atoms with van der Waals surface area (Å²) in [5, 5.41) is 4.82. The third-order valence-corrected chi connectivity index (χ3v) is 6.37. The summed E-state index contributed by atoms with van der Waals surface area (Å²) in [7, 11) is 0. The Morgan fingerprint density at radius 1 is 1.16 bits per heavy atom. The van der Waals surface area contributed by atoms with Crippen molar-refractivity contribution in [1.82, 2.24) is 24.8 Å². The number of halogens is 1. The van der Waals surface area contributed by atoms with Crippen molar-refractivity contribution in [1.29, 1.82) is 0 Å². The first kappa shape index (κ1) is 21.7. The van der Waals surface area contributed by atoms with Crippen LogP contribution in [0, 0.1) is 25.1 Å². The summed E-state index contributed by atoms with van der Waals surface area (Å²) in [4.78, 5) is 15.8. The molecule has 6 nitrogen and oxygen atoms in total. The zero-order valence-electron chi connectivity index (χ0n) is 19.2. The van der Waals surface area contributed by atoms with Gasteiger partial charge in [0.15, 0.2) is 0 Å². The Balaban J connectivity index is 1.44. The molecular formula is C24H33FN6. The van der Waals surface area contributed by atoms with E-state index >= 15 is 0 Å². The number of benzene rings is 1. The van der Waals surface area contributed by atoms with Crippen LogP contribution in [-0.4, -0.2) is 44.7 Å². The van der Waals surface area contributed by atoms with Gasteiger partial charge < -0.3 is 14.8 Å². The van der Waals surface area contributed by atoms with Gasteiger partial charge in [-0.15, -0.1) is 0 Å². The summed E-state index contributed by atoms with van der Waals surface area (Å²) in [5.41, 5.74) is 2.35. The maximum absolute atomic E-state index is 14.1. The van der Waals surface area contributed by atoms with Crippen molar-refractivity contribution < 1.29 is 4.39 Å². The van der Waals surface area contributed by atoms with Crippen LogP contribution in [0.25, 0.3) is 10.9 Å². The summed E-state index contributed by atoms with van der Waals surface area (Å²) >= 11 is 0. The molecule has 1 saturated heterocycles. The molecule has 7 heteroatoms. The first-order valence-corrected chi connectivity index (χ1v) is 11.1. The molecule has 166 valence electrons. The second-order valence-corrected chi connectivity index (χ2v) is 9.83. The molecule has 2 aromatic heterocycles. The van der Waals surface area contributed by atoms with Gasteiger partial charge in [-0.25, -0.2) is 19.3 Å². The van der Waals surface area contributed by atoms with Gasteiger partial charge in [-0.2, -0.15) is 0 Å². The molecule has 1 N–H and O–H groups in total. The van der Waals surface area contributed by atoms with E-state index in [0.29, 0.717) is 29.1 Å². The van der Waals surface area contributed by atoms with Crippen LogP contribution in [0.4, 0.5) is 10.3 Å². The molecule has 3 heterocycles. The van der Waals surface area contributed by atoms with Gasteiger partial charge >= 0.3 is 0 Å². The smallest absolute Gasteiger partial charge is 0.226 e. The van der Waals surface area contributed by atoms with Crippen LogP contribution >= 0.6 is 0 Å². The molecule has 0 spiro atoms. The van der Waals surface area contributed by atoms with Crippen molar-refractivity contribution in [2.45, 2.75) is 66.1 Å². The first-order chi connectivity index (χ1) is 14.7. The number of anilines is 1. The number of hydrogen-bond donors (Lipinski definition) is 1. The van der Waals surface area contributed by atoms with Crippen molar-refractivity contribution in [3.05, 3.63) is 47.9 Å². The van der Waals surface area contributed by atoms with Crippen LogP contribution in [0.1, 0.15) is 44.9 Å². The van der Waals surface area contributed by atoms with E-state index in [4.69, 9.17) is 4.98 Å². The molecule has 0 saturated carbocycles. The molecule has 1 aromatic carbocycles. The van der Waals surface area contributed by atoms with Crippen molar-refractivity contribution in [3.63, 3.8) is 0 Å². The van der Waals surface area contributed by atoms with E-state index in [9.17, 15) is 4.39 Å². The standard InChI is InChI=1S/C24H33FN6/c1-16-12-19-17(2)27-23(29-21(19)13-20(16)25)31-9-6-18(7-10-31)28-22(24(3,4)5)14-30-11-8-26-15-30/h8,11-13,15,18,22,28H,6-7,9-10,14H2,1-5H3/t22-/m0/s1. The minimum atomic E-state index is -0.217. The zero-order chi connectivity index (χ0) is 22.2. The fourth-order valence-electron chi connectivity index (χ4n) is 4.25. The highest BCUT2D eigenvalue weighted by atomic mass is 19.1. The van der Waals surface area contributed by atoms with E-state index in [1.165, 1.54) is 6.07 Å². The Morgan fingerprint density at radius 3 is 2.55 bits per heavy atom. The Kier molecular flexibility index (Phi) is 5.97. The van der Waals surface area contributed by atoms with Crippen LogP contribution in [0.2, 0.25) is 0 Å². The van der Waals surface area contributed by atoms with Crippen LogP contribution in [0.5, 0.6) is 0 Å². The maximum atomic E-state index is 14.1. The molecule has 1 fully saturated rings. The lowest BCUT2D eigenvalue weighted by Gasteiger charge is -2.39. The van der Waals surface area contributed by atoms with Gasteiger partial charge in [-0.1, -0.05) is 20.8 Å². The SMILES string of the molecule is Cc1cc2c(C)nc(N3CCC(N[C@@H](Cn4ccnc4)C(C)(C)C)CC3)nc2cc1F. The number of fused-ring (bicyclic) bond motifs is 1. The number of aryl methyl sites for hydroxylation is 2. The van der Waals surface area contributed by atoms with Gasteiger partial charge in [-0.05, 0) is 43.7 Å². The molecule has 0 bridgehead atoms. The van der Waals surface area contributed by atoms with Crippen molar-refractivity contribution in [3.8, 4) is 0 Å². The average Bonchev–Trinajstić information content (AvgIpc) is 3.22. The van der Waals surface area contributed by atoms with E-state index < -0.39 is 0 Å². The van der Waals surface area contributed by atoms with Gasteiger partial charge in [0.25, 0.3) is 0 Å². The Hall–Kier alpha value is -2.54. The molecule has 1 aliphatic rings. The molecule has 1 aliphatic heterocycles. The second kappa shape index (κ2) is 8.54. The molecule has 0 amide bonds. The molecule has 0 radical (unpaired) electrons. The summed E-state index contributed by atoms with van der Waals surface area (Å²) in [6.07, 6.45) is 7.79. The van der Waals surface area contributed by atoms with Crippen LogP contribution in [0.15, 0.2) is 30.9 Å². The molecular weight excluding hydrogens is 391 g/mol. The van der Waals surface area contributed by atoms with Gasteiger partial charge in [0.05, 0.1) is 17.5 Å². The lowest BCUT2D eigenvalue weighted by molar-refractivity contribution is 0.210. The van der Waals surface area contributed by atoms with Crippen molar-refractivity contribution in [2.24, 2.45) is 5.41 Å². The van der Waals surface area contributed by atoms with Crippen LogP contribution in [0.3, 0.4) is 0 Å². The Bertz CT molecular complexity index is 1030. The number of nitrogens with one attached hydrogen (secondary N) is 1. The molecule has 0 unspecified atom stereocenters. The van der Waals surface area contributed by atoms with Gasteiger partial charge in [-0.3, -0.25) is 0 Å². The number of aromatic nitrogens is 4. The highest BCUT2D eigenvalue weighted by molar-refractivity contribution is 5.82. The van der Waals surface area contributed by atoms with E-state index in [-0.39, 0.29) is 11.2 Å². The topological polar surface area (TPSA) is 58.9 Å². The van der Waals surface area contributed by atoms with Gasteiger partial charge in [0, 0.05) is 55.6 Å². The number of nitrogens with zero attached hydrogens (tertiary/aromatic N) is 5. The zero-order valence-corrected chi connectivity index (χ0v) is 19.2. The Labute approximate surface area is 183 Å². The number of hydrogen-bond acceptors (Lipinski definition) is 5. The minimum absolute atomic E-state index is 0.141. The van der Waals surface area contributed by atoms with E-state index in [1.54, 1.807) is 6.92 Å². The normalized spacial score (nSPS) is 16.8. The highest BCUT2D eigenvalue weighted by Crippen LogP contribution is 2.26. The van der Waals surface area contributed by atoms with Crippen LogP contribution < -0.4 is 10.2 Å². The summed E-state index contributed by atoms with van der Waals surface area (Å²) < 4.78 is 16.2. The average molecular weight is 425 g/mol. The van der Waals surface area contributed by atoms with Gasteiger partial charge in [0.2, 0.25) is 5.95 Å². The molecule has 1 atom stereocenters. The maximum Gasteiger partial charge on any atom is 0.226 e. The van der Waals surface area contributed by atoms with Crippen molar-refractivity contribution in [2.75, 3.05) is 18.0 Å². The van der Waals surface area contributed by atoms with E-state index in [1.807, 2.05) is 31.7 Å². The number of imidazole rings is 1. The van der Waals surface area contributed by atoms with Crippen LogP contribution in [-0.2, 0) is 6.54 Å². The van der Waals surface area contributed by atoms with Gasteiger partial charge in [0.1, 0.15) is 5.82 Å². The lowest BCUT2D eigenvalue weighted by atomic mass is 9.85. The second-order valence-electron chi connectivity index (χ2n) is 9.83. The summed E-state index contributed by atoms with van der Waals surface area (Å²) in [6, 6.07) is 4.17. The first-order valence-electron chi connectivity index (χ1n) is 11.1. The lowest BCUT2D eigenvalue weighted by Crippen LogP contribution is -2.52.